The third-order valence-electron chi connectivity index (χ3n) is 5.19. The Morgan fingerprint density at radius 1 is 1.20 bits per heavy atom. The first-order valence-corrected chi connectivity index (χ1v) is 10.2. The van der Waals surface area contributed by atoms with Crippen LogP contribution in [0, 0.1) is 6.92 Å². The molecule has 0 unspecified atom stereocenters. The molecule has 0 radical (unpaired) electrons. The van der Waals surface area contributed by atoms with Crippen LogP contribution in [-0.2, 0) is 14.3 Å². The highest BCUT2D eigenvalue weighted by Crippen LogP contribution is 2.46. The highest BCUT2D eigenvalue weighted by atomic mass is 35.5. The third-order valence-corrected chi connectivity index (χ3v) is 5.44. The molecule has 0 aliphatic carbocycles. The van der Waals surface area contributed by atoms with E-state index in [1.165, 1.54) is 6.92 Å². The number of carboxylic acid groups (broad SMARTS) is 1. The van der Waals surface area contributed by atoms with Crippen molar-refractivity contribution in [2.75, 3.05) is 6.61 Å². The van der Waals surface area contributed by atoms with Gasteiger partial charge < -0.3 is 19.9 Å². The number of carbonyl (C=O) groups is 2. The topological polar surface area (TPSA) is 84.9 Å². The summed E-state index contributed by atoms with van der Waals surface area (Å²) in [4.78, 5) is 22.9. The van der Waals surface area contributed by atoms with Gasteiger partial charge in [0.1, 0.15) is 5.75 Å². The second-order valence-corrected chi connectivity index (χ2v) is 8.48. The molecule has 7 heteroatoms. The minimum atomic E-state index is -1.05. The molecule has 1 aliphatic rings. The molecule has 0 saturated carbocycles. The Balaban J connectivity index is 1.97. The summed E-state index contributed by atoms with van der Waals surface area (Å²) in [6.45, 7) is 4.98. The molecule has 1 saturated heterocycles. The smallest absolute Gasteiger partial charge is 0.341 e. The Hall–Kier alpha value is -2.57. The summed E-state index contributed by atoms with van der Waals surface area (Å²) in [6, 6.07) is 13.1. The number of aliphatic carboxylic acids is 1. The van der Waals surface area contributed by atoms with Crippen LogP contribution in [0.15, 0.2) is 42.5 Å². The lowest BCUT2D eigenvalue weighted by Crippen LogP contribution is -2.50. The zero-order chi connectivity index (χ0) is 21.9. The fourth-order valence-electron chi connectivity index (χ4n) is 3.95. The van der Waals surface area contributed by atoms with Gasteiger partial charge in [-0.3, -0.25) is 4.79 Å². The lowest BCUT2D eigenvalue weighted by molar-refractivity contribution is -0.139. The van der Waals surface area contributed by atoms with Crippen molar-refractivity contribution >= 4 is 23.5 Å². The van der Waals surface area contributed by atoms with Gasteiger partial charge in [-0.25, -0.2) is 4.79 Å². The standard InChI is InChI=1S/C23H26ClNO5/c1-14-4-9-18(19(10-14)29-13-22(27)28)21-12-23(3,25-15(2)26)11-20(30-21)16-5-7-17(24)8-6-16/h4-10,20-21H,11-13H2,1-3H3,(H,25,26)(H,27,28)/t20-,21+,23-/m0/s1. The van der Waals surface area contributed by atoms with E-state index in [9.17, 15) is 9.59 Å². The minimum absolute atomic E-state index is 0.112. The first-order chi connectivity index (χ1) is 14.1. The summed E-state index contributed by atoms with van der Waals surface area (Å²) < 4.78 is 12.0. The quantitative estimate of drug-likeness (QED) is 0.698. The Bertz CT molecular complexity index is 930. The first-order valence-electron chi connectivity index (χ1n) is 9.80. The van der Waals surface area contributed by atoms with Crippen LogP contribution in [-0.4, -0.2) is 29.1 Å². The molecular weight excluding hydrogens is 406 g/mol. The molecule has 2 N–H and O–H groups in total. The van der Waals surface area contributed by atoms with E-state index >= 15 is 0 Å². The van der Waals surface area contributed by atoms with E-state index in [-0.39, 0.29) is 18.1 Å². The normalized spacial score (nSPS) is 23.6. The molecule has 1 aliphatic heterocycles. The van der Waals surface area contributed by atoms with Crippen molar-refractivity contribution in [3.8, 4) is 5.75 Å². The molecular formula is C23H26ClNO5. The monoisotopic (exact) mass is 431 g/mol. The molecule has 1 amide bonds. The van der Waals surface area contributed by atoms with E-state index in [1.807, 2.05) is 56.3 Å². The largest absolute Gasteiger partial charge is 0.482 e. The Kier molecular flexibility index (Phi) is 6.68. The second-order valence-electron chi connectivity index (χ2n) is 8.04. The van der Waals surface area contributed by atoms with Crippen LogP contribution in [0.5, 0.6) is 5.75 Å². The van der Waals surface area contributed by atoms with Crippen LogP contribution >= 0.6 is 11.6 Å². The molecule has 30 heavy (non-hydrogen) atoms. The van der Waals surface area contributed by atoms with Crippen LogP contribution in [0.2, 0.25) is 5.02 Å². The van der Waals surface area contributed by atoms with Crippen LogP contribution in [0.1, 0.15) is 55.6 Å². The van der Waals surface area contributed by atoms with Gasteiger partial charge in [0.15, 0.2) is 6.61 Å². The van der Waals surface area contributed by atoms with E-state index in [4.69, 9.17) is 26.2 Å². The molecule has 3 atom stereocenters. The van der Waals surface area contributed by atoms with Crippen LogP contribution in [0.4, 0.5) is 0 Å². The van der Waals surface area contributed by atoms with Gasteiger partial charge in [0, 0.05) is 35.9 Å². The number of hydrogen-bond acceptors (Lipinski definition) is 4. The fourth-order valence-corrected chi connectivity index (χ4v) is 4.08. The highest BCUT2D eigenvalue weighted by molar-refractivity contribution is 6.30. The van der Waals surface area contributed by atoms with Crippen molar-refractivity contribution in [1.29, 1.82) is 0 Å². The summed E-state index contributed by atoms with van der Waals surface area (Å²) in [6.07, 6.45) is 0.470. The summed E-state index contributed by atoms with van der Waals surface area (Å²) in [7, 11) is 0. The Morgan fingerprint density at radius 2 is 1.87 bits per heavy atom. The van der Waals surface area contributed by atoms with Gasteiger partial charge in [-0.2, -0.15) is 0 Å². The number of carboxylic acids is 1. The van der Waals surface area contributed by atoms with Crippen LogP contribution in [0.25, 0.3) is 0 Å². The maximum atomic E-state index is 11.9. The zero-order valence-corrected chi connectivity index (χ0v) is 18.0. The number of hydrogen-bond donors (Lipinski definition) is 2. The van der Waals surface area contributed by atoms with Crippen molar-refractivity contribution in [2.45, 2.75) is 51.4 Å². The van der Waals surface area contributed by atoms with Gasteiger partial charge in [-0.05, 0) is 43.2 Å². The summed E-state index contributed by atoms with van der Waals surface area (Å²) in [5.74, 6) is -0.683. The molecule has 0 spiro atoms. The Morgan fingerprint density at radius 3 is 2.50 bits per heavy atom. The number of ether oxygens (including phenoxy) is 2. The van der Waals surface area contributed by atoms with E-state index < -0.39 is 18.1 Å². The number of nitrogens with one attached hydrogen (secondary N) is 1. The van der Waals surface area contributed by atoms with Gasteiger partial charge in [0.2, 0.25) is 5.91 Å². The molecule has 0 aromatic heterocycles. The number of rotatable bonds is 6. The van der Waals surface area contributed by atoms with Crippen molar-refractivity contribution in [3.05, 3.63) is 64.2 Å². The molecule has 1 heterocycles. The van der Waals surface area contributed by atoms with Crippen molar-refractivity contribution in [2.24, 2.45) is 0 Å². The van der Waals surface area contributed by atoms with E-state index in [2.05, 4.69) is 5.32 Å². The summed E-state index contributed by atoms with van der Waals surface area (Å²) >= 11 is 6.03. The average Bonchev–Trinajstić information content (AvgIpc) is 2.65. The van der Waals surface area contributed by atoms with Gasteiger partial charge in [0.05, 0.1) is 12.2 Å². The van der Waals surface area contributed by atoms with Crippen molar-refractivity contribution < 1.29 is 24.2 Å². The molecule has 1 fully saturated rings. The van der Waals surface area contributed by atoms with E-state index in [1.54, 1.807) is 0 Å². The minimum Gasteiger partial charge on any atom is -0.482 e. The predicted molar refractivity (Wildman–Crippen MR) is 114 cm³/mol. The van der Waals surface area contributed by atoms with Crippen LogP contribution < -0.4 is 10.1 Å². The number of halogens is 1. The number of carbonyl (C=O) groups excluding carboxylic acids is 1. The second kappa shape index (κ2) is 9.06. The number of benzene rings is 2. The maximum Gasteiger partial charge on any atom is 0.341 e. The third kappa shape index (κ3) is 5.52. The van der Waals surface area contributed by atoms with Crippen molar-refractivity contribution in [1.82, 2.24) is 5.32 Å². The van der Waals surface area contributed by atoms with Gasteiger partial charge in [0.25, 0.3) is 0 Å². The predicted octanol–water partition coefficient (Wildman–Crippen LogP) is 4.60. The first kappa shape index (κ1) is 22.1. The van der Waals surface area contributed by atoms with Gasteiger partial charge in [-0.15, -0.1) is 0 Å². The summed E-state index contributed by atoms with van der Waals surface area (Å²) in [5, 5.41) is 12.7. The molecule has 2 aromatic carbocycles. The molecule has 0 bridgehead atoms. The van der Waals surface area contributed by atoms with E-state index in [0.29, 0.717) is 23.6 Å². The van der Waals surface area contributed by atoms with Crippen LogP contribution in [0.3, 0.4) is 0 Å². The molecule has 2 aromatic rings. The number of aryl methyl sites for hydroxylation is 1. The van der Waals surface area contributed by atoms with Gasteiger partial charge in [-0.1, -0.05) is 35.9 Å². The summed E-state index contributed by atoms with van der Waals surface area (Å²) in [5.41, 5.74) is 2.17. The Labute approximate surface area is 181 Å². The number of amides is 1. The molecule has 6 nitrogen and oxygen atoms in total. The SMILES string of the molecule is CC(=O)N[C@@]1(C)C[C@@H](c2ccc(Cl)cc2)O[C@@H](c2ccc(C)cc2OCC(=O)O)C1. The lowest BCUT2D eigenvalue weighted by atomic mass is 9.81. The molecule has 160 valence electrons. The highest BCUT2D eigenvalue weighted by Gasteiger charge is 2.40. The maximum absolute atomic E-state index is 11.9. The van der Waals surface area contributed by atoms with E-state index in [0.717, 1.165) is 16.7 Å². The average molecular weight is 432 g/mol. The lowest BCUT2D eigenvalue weighted by Gasteiger charge is -2.43. The van der Waals surface area contributed by atoms with Gasteiger partial charge >= 0.3 is 5.97 Å². The fraction of sp³-hybridized carbons (Fsp3) is 0.391. The molecule has 3 rings (SSSR count). The zero-order valence-electron chi connectivity index (χ0n) is 17.3. The van der Waals surface area contributed by atoms with Crippen molar-refractivity contribution in [3.63, 3.8) is 0 Å².